The van der Waals surface area contributed by atoms with Crippen molar-refractivity contribution in [3.05, 3.63) is 29.3 Å². The summed E-state index contributed by atoms with van der Waals surface area (Å²) in [5.41, 5.74) is 3.19. The van der Waals surface area contributed by atoms with Crippen LogP contribution in [-0.4, -0.2) is 12.1 Å². The SMILES string of the molecule is Cc1ccc(C)c(NC(=O)NC(C2CC2)C2CC2)c1. The van der Waals surface area contributed by atoms with Crippen LogP contribution in [0.5, 0.6) is 0 Å². The van der Waals surface area contributed by atoms with E-state index in [0.29, 0.717) is 6.04 Å². The van der Waals surface area contributed by atoms with Crippen LogP contribution >= 0.6 is 0 Å². The standard InChI is InChI=1S/C16H22N2O/c1-10-3-4-11(2)14(9-10)17-16(19)18-15(12-5-6-12)13-7-8-13/h3-4,9,12-13,15H,5-8H2,1-2H3,(H2,17,18,19). The van der Waals surface area contributed by atoms with Gasteiger partial charge in [0.15, 0.2) is 0 Å². The highest BCUT2D eigenvalue weighted by molar-refractivity contribution is 5.90. The summed E-state index contributed by atoms with van der Waals surface area (Å²) in [7, 11) is 0. The zero-order chi connectivity index (χ0) is 13.4. The molecular formula is C16H22N2O. The van der Waals surface area contributed by atoms with E-state index in [-0.39, 0.29) is 6.03 Å². The number of rotatable bonds is 4. The maximum Gasteiger partial charge on any atom is 0.319 e. The molecule has 2 aliphatic carbocycles. The second kappa shape index (κ2) is 4.87. The third-order valence-corrected chi connectivity index (χ3v) is 4.20. The molecule has 102 valence electrons. The molecule has 0 heterocycles. The Morgan fingerprint density at radius 2 is 1.79 bits per heavy atom. The first-order valence-corrected chi connectivity index (χ1v) is 7.28. The largest absolute Gasteiger partial charge is 0.335 e. The fourth-order valence-electron chi connectivity index (χ4n) is 2.71. The van der Waals surface area contributed by atoms with Crippen LogP contribution in [0, 0.1) is 25.7 Å². The molecule has 3 nitrogen and oxygen atoms in total. The molecule has 0 aliphatic heterocycles. The van der Waals surface area contributed by atoms with Crippen LogP contribution in [0.25, 0.3) is 0 Å². The Morgan fingerprint density at radius 1 is 1.16 bits per heavy atom. The quantitative estimate of drug-likeness (QED) is 0.851. The summed E-state index contributed by atoms with van der Waals surface area (Å²) in [5.74, 6) is 1.47. The molecule has 2 amide bonds. The number of benzene rings is 1. The molecule has 2 saturated carbocycles. The third kappa shape index (κ3) is 3.09. The Bertz CT molecular complexity index is 478. The molecular weight excluding hydrogens is 236 g/mol. The summed E-state index contributed by atoms with van der Waals surface area (Å²) >= 11 is 0. The summed E-state index contributed by atoms with van der Waals surface area (Å²) in [6.07, 6.45) is 5.13. The Kier molecular flexibility index (Phi) is 3.21. The topological polar surface area (TPSA) is 41.1 Å². The average molecular weight is 258 g/mol. The van der Waals surface area contributed by atoms with Crippen molar-refractivity contribution in [2.75, 3.05) is 5.32 Å². The summed E-state index contributed by atoms with van der Waals surface area (Å²) in [4.78, 5) is 12.1. The number of aryl methyl sites for hydroxylation is 2. The van der Waals surface area contributed by atoms with E-state index < -0.39 is 0 Å². The van der Waals surface area contributed by atoms with Crippen LogP contribution in [0.1, 0.15) is 36.8 Å². The maximum atomic E-state index is 12.1. The van der Waals surface area contributed by atoms with Crippen molar-refractivity contribution < 1.29 is 4.79 Å². The third-order valence-electron chi connectivity index (χ3n) is 4.20. The average Bonchev–Trinajstić information content (AvgIpc) is 3.25. The van der Waals surface area contributed by atoms with Gasteiger partial charge in [0.25, 0.3) is 0 Å². The van der Waals surface area contributed by atoms with Crippen molar-refractivity contribution in [2.24, 2.45) is 11.8 Å². The lowest BCUT2D eigenvalue weighted by atomic mass is 10.1. The zero-order valence-corrected chi connectivity index (χ0v) is 11.7. The van der Waals surface area contributed by atoms with Gasteiger partial charge >= 0.3 is 6.03 Å². The number of urea groups is 1. The molecule has 0 bridgehead atoms. The number of anilines is 1. The molecule has 1 aromatic rings. The van der Waals surface area contributed by atoms with Crippen molar-refractivity contribution in [2.45, 2.75) is 45.6 Å². The number of hydrogen-bond donors (Lipinski definition) is 2. The Balaban J connectivity index is 1.62. The van der Waals surface area contributed by atoms with Crippen molar-refractivity contribution >= 4 is 11.7 Å². The molecule has 1 aromatic carbocycles. The molecule has 0 spiro atoms. The number of amides is 2. The Labute approximate surface area is 114 Å². The molecule has 0 atom stereocenters. The Hall–Kier alpha value is -1.51. The minimum Gasteiger partial charge on any atom is -0.335 e. The predicted molar refractivity (Wildman–Crippen MR) is 77.3 cm³/mol. The zero-order valence-electron chi connectivity index (χ0n) is 11.7. The number of hydrogen-bond acceptors (Lipinski definition) is 1. The van der Waals surface area contributed by atoms with Crippen molar-refractivity contribution in [3.8, 4) is 0 Å². The van der Waals surface area contributed by atoms with Crippen LogP contribution in [0.4, 0.5) is 10.5 Å². The first kappa shape index (κ1) is 12.5. The molecule has 0 saturated heterocycles. The molecule has 0 radical (unpaired) electrons. The number of carbonyl (C=O) groups is 1. The normalized spacial score (nSPS) is 18.5. The molecule has 0 unspecified atom stereocenters. The van der Waals surface area contributed by atoms with E-state index in [1.165, 1.54) is 31.2 Å². The van der Waals surface area contributed by atoms with Crippen LogP contribution < -0.4 is 10.6 Å². The van der Waals surface area contributed by atoms with Gasteiger partial charge in [0.2, 0.25) is 0 Å². The Morgan fingerprint density at radius 3 is 2.37 bits per heavy atom. The van der Waals surface area contributed by atoms with Gasteiger partial charge in [-0.05, 0) is 68.6 Å². The monoisotopic (exact) mass is 258 g/mol. The first-order chi connectivity index (χ1) is 9.13. The van der Waals surface area contributed by atoms with Gasteiger partial charge in [-0.15, -0.1) is 0 Å². The lowest BCUT2D eigenvalue weighted by Crippen LogP contribution is -2.40. The van der Waals surface area contributed by atoms with Crippen molar-refractivity contribution in [1.29, 1.82) is 0 Å². The van der Waals surface area contributed by atoms with Crippen LogP contribution in [0.2, 0.25) is 0 Å². The minimum absolute atomic E-state index is 0.0440. The second-order valence-corrected chi connectivity index (χ2v) is 6.12. The predicted octanol–water partition coefficient (Wildman–Crippen LogP) is 3.61. The van der Waals surface area contributed by atoms with Crippen molar-refractivity contribution in [3.63, 3.8) is 0 Å². The molecule has 2 fully saturated rings. The van der Waals surface area contributed by atoms with E-state index >= 15 is 0 Å². The molecule has 0 aromatic heterocycles. The highest BCUT2D eigenvalue weighted by Crippen LogP contribution is 2.44. The van der Waals surface area contributed by atoms with Gasteiger partial charge in [0.1, 0.15) is 0 Å². The van der Waals surface area contributed by atoms with Gasteiger partial charge in [-0.25, -0.2) is 4.79 Å². The van der Waals surface area contributed by atoms with Gasteiger partial charge in [0, 0.05) is 11.7 Å². The summed E-state index contributed by atoms with van der Waals surface area (Å²) in [6.45, 7) is 4.06. The number of carbonyl (C=O) groups excluding carboxylic acids is 1. The van der Waals surface area contributed by atoms with Gasteiger partial charge in [0.05, 0.1) is 0 Å². The van der Waals surface area contributed by atoms with E-state index in [1.807, 2.05) is 26.0 Å². The fraction of sp³-hybridized carbons (Fsp3) is 0.562. The first-order valence-electron chi connectivity index (χ1n) is 7.28. The molecule has 2 aliphatic rings. The highest BCUT2D eigenvalue weighted by atomic mass is 16.2. The lowest BCUT2D eigenvalue weighted by molar-refractivity contribution is 0.245. The maximum absolute atomic E-state index is 12.1. The van der Waals surface area contributed by atoms with Gasteiger partial charge in [-0.3, -0.25) is 0 Å². The number of nitrogens with one attached hydrogen (secondary N) is 2. The van der Waals surface area contributed by atoms with Gasteiger partial charge in [-0.1, -0.05) is 12.1 Å². The highest BCUT2D eigenvalue weighted by Gasteiger charge is 2.42. The molecule has 2 N–H and O–H groups in total. The fourth-order valence-corrected chi connectivity index (χ4v) is 2.71. The van der Waals surface area contributed by atoms with Crippen molar-refractivity contribution in [1.82, 2.24) is 5.32 Å². The van der Waals surface area contributed by atoms with E-state index in [0.717, 1.165) is 23.1 Å². The van der Waals surface area contributed by atoms with E-state index in [9.17, 15) is 4.79 Å². The minimum atomic E-state index is -0.0440. The van der Waals surface area contributed by atoms with Gasteiger partial charge in [-0.2, -0.15) is 0 Å². The van der Waals surface area contributed by atoms with E-state index in [1.54, 1.807) is 0 Å². The molecule has 3 rings (SSSR count). The summed E-state index contributed by atoms with van der Waals surface area (Å²) < 4.78 is 0. The smallest absolute Gasteiger partial charge is 0.319 e. The second-order valence-electron chi connectivity index (χ2n) is 6.12. The lowest BCUT2D eigenvalue weighted by Gasteiger charge is -2.18. The molecule has 19 heavy (non-hydrogen) atoms. The van der Waals surface area contributed by atoms with E-state index in [2.05, 4.69) is 16.7 Å². The van der Waals surface area contributed by atoms with Gasteiger partial charge < -0.3 is 10.6 Å². The van der Waals surface area contributed by atoms with Crippen LogP contribution in [-0.2, 0) is 0 Å². The van der Waals surface area contributed by atoms with Crippen LogP contribution in [0.3, 0.4) is 0 Å². The summed E-state index contributed by atoms with van der Waals surface area (Å²) in [5, 5.41) is 6.18. The molecule has 3 heteroatoms. The van der Waals surface area contributed by atoms with E-state index in [4.69, 9.17) is 0 Å². The summed E-state index contributed by atoms with van der Waals surface area (Å²) in [6, 6.07) is 6.50. The van der Waals surface area contributed by atoms with Crippen LogP contribution in [0.15, 0.2) is 18.2 Å².